The molecule has 0 radical (unpaired) electrons. The molecule has 3 amide bonds. The number of amides is 3. The van der Waals surface area contributed by atoms with Crippen LogP contribution in [-0.2, 0) is 25.6 Å². The van der Waals surface area contributed by atoms with Gasteiger partial charge in [0.15, 0.2) is 0 Å². The Hall–Kier alpha value is -2.94. The van der Waals surface area contributed by atoms with Crippen molar-refractivity contribution in [2.24, 2.45) is 11.7 Å². The van der Waals surface area contributed by atoms with Crippen LogP contribution < -0.4 is 16.4 Å². The van der Waals surface area contributed by atoms with Crippen molar-refractivity contribution in [3.63, 3.8) is 0 Å². The van der Waals surface area contributed by atoms with Gasteiger partial charge in [0.2, 0.25) is 17.7 Å². The zero-order valence-corrected chi connectivity index (χ0v) is 18.0. The molecule has 0 aromatic heterocycles. The fraction of sp³-hybridized carbons (Fsp3) is 0.545. The van der Waals surface area contributed by atoms with E-state index >= 15 is 0 Å². The Morgan fingerprint density at radius 1 is 1.19 bits per heavy atom. The van der Waals surface area contributed by atoms with Crippen molar-refractivity contribution in [3.05, 3.63) is 35.9 Å². The van der Waals surface area contributed by atoms with Gasteiger partial charge in [-0.1, -0.05) is 50.6 Å². The summed E-state index contributed by atoms with van der Waals surface area (Å²) >= 11 is 0. The molecule has 1 aliphatic rings. The van der Waals surface area contributed by atoms with E-state index in [4.69, 9.17) is 5.73 Å². The van der Waals surface area contributed by atoms with Gasteiger partial charge < -0.3 is 26.4 Å². The maximum absolute atomic E-state index is 13.0. The minimum atomic E-state index is -1.12. The Labute approximate surface area is 182 Å². The number of carboxylic acid groups (broad SMARTS) is 1. The largest absolute Gasteiger partial charge is 0.480 e. The third-order valence-electron chi connectivity index (χ3n) is 5.74. The number of carbonyl (C=O) groups is 4. The summed E-state index contributed by atoms with van der Waals surface area (Å²) < 4.78 is 0. The van der Waals surface area contributed by atoms with Crippen LogP contribution in [0.4, 0.5) is 0 Å². The number of nitrogens with zero attached hydrogens (tertiary/aromatic N) is 1. The van der Waals surface area contributed by atoms with E-state index in [0.29, 0.717) is 25.8 Å². The van der Waals surface area contributed by atoms with Crippen LogP contribution in [0.5, 0.6) is 0 Å². The Kier molecular flexibility index (Phi) is 8.99. The van der Waals surface area contributed by atoms with E-state index in [1.807, 2.05) is 37.3 Å². The number of likely N-dealkylation sites (tertiary alicyclic amines) is 1. The molecule has 1 aromatic rings. The second-order valence-corrected chi connectivity index (χ2v) is 7.91. The predicted octanol–water partition coefficient (Wildman–Crippen LogP) is 0.279. The van der Waals surface area contributed by atoms with Crippen molar-refractivity contribution in [2.45, 2.75) is 57.7 Å². The first-order valence-corrected chi connectivity index (χ1v) is 10.7. The molecule has 1 aromatic carbocycles. The number of hydrogen-bond donors (Lipinski definition) is 4. The average Bonchev–Trinajstić information content (AvgIpc) is 3.26. The molecule has 4 atom stereocenters. The molecule has 9 heteroatoms. The van der Waals surface area contributed by atoms with Crippen LogP contribution in [0.1, 0.15) is 38.7 Å². The van der Waals surface area contributed by atoms with Crippen LogP contribution in [-0.4, -0.2) is 64.9 Å². The van der Waals surface area contributed by atoms with Crippen LogP contribution in [0.25, 0.3) is 0 Å². The highest BCUT2D eigenvalue weighted by atomic mass is 16.4. The molecule has 1 saturated heterocycles. The third-order valence-corrected chi connectivity index (χ3v) is 5.74. The molecule has 1 fully saturated rings. The summed E-state index contributed by atoms with van der Waals surface area (Å²) in [6.07, 6.45) is 1.93. The van der Waals surface area contributed by atoms with E-state index in [2.05, 4.69) is 10.6 Å². The number of nitrogens with one attached hydrogen (secondary N) is 2. The van der Waals surface area contributed by atoms with Crippen LogP contribution in [0, 0.1) is 5.92 Å². The number of carbonyl (C=O) groups excluding carboxylic acids is 3. The first-order valence-electron chi connectivity index (χ1n) is 10.7. The molecule has 170 valence electrons. The van der Waals surface area contributed by atoms with Crippen molar-refractivity contribution in [1.29, 1.82) is 0 Å². The minimum Gasteiger partial charge on any atom is -0.480 e. The van der Waals surface area contributed by atoms with Crippen molar-refractivity contribution in [3.8, 4) is 0 Å². The van der Waals surface area contributed by atoms with Crippen LogP contribution in [0.3, 0.4) is 0 Å². The first-order chi connectivity index (χ1) is 14.8. The lowest BCUT2D eigenvalue weighted by Gasteiger charge is -2.27. The van der Waals surface area contributed by atoms with Gasteiger partial charge in [0.25, 0.3) is 0 Å². The Bertz CT molecular complexity index is 785. The molecule has 9 nitrogen and oxygen atoms in total. The second kappa shape index (κ2) is 11.5. The van der Waals surface area contributed by atoms with E-state index in [-0.39, 0.29) is 24.8 Å². The van der Waals surface area contributed by atoms with Gasteiger partial charge in [-0.25, -0.2) is 4.79 Å². The van der Waals surface area contributed by atoms with E-state index in [1.54, 1.807) is 6.92 Å². The predicted molar refractivity (Wildman–Crippen MR) is 115 cm³/mol. The maximum atomic E-state index is 13.0. The number of carboxylic acids is 1. The molecule has 0 bridgehead atoms. The first kappa shape index (κ1) is 24.3. The van der Waals surface area contributed by atoms with Gasteiger partial charge in [-0.05, 0) is 24.3 Å². The molecule has 2 rings (SSSR count). The highest BCUT2D eigenvalue weighted by Crippen LogP contribution is 2.18. The van der Waals surface area contributed by atoms with E-state index < -0.39 is 35.9 Å². The maximum Gasteiger partial charge on any atom is 0.326 e. The number of hydrogen-bond acceptors (Lipinski definition) is 5. The average molecular weight is 433 g/mol. The van der Waals surface area contributed by atoms with E-state index in [0.717, 1.165) is 5.56 Å². The summed E-state index contributed by atoms with van der Waals surface area (Å²) in [7, 11) is 0. The lowest BCUT2D eigenvalue weighted by molar-refractivity contribution is -0.144. The smallest absolute Gasteiger partial charge is 0.326 e. The molecular formula is C22H32N4O5. The molecule has 1 heterocycles. The highest BCUT2D eigenvalue weighted by Gasteiger charge is 2.36. The molecule has 4 unspecified atom stereocenters. The van der Waals surface area contributed by atoms with Crippen molar-refractivity contribution >= 4 is 23.7 Å². The quantitative estimate of drug-likeness (QED) is 0.418. The minimum absolute atomic E-state index is 0.188. The fourth-order valence-corrected chi connectivity index (χ4v) is 3.72. The summed E-state index contributed by atoms with van der Waals surface area (Å²) in [5.74, 6) is -2.72. The van der Waals surface area contributed by atoms with Crippen LogP contribution >= 0.6 is 0 Å². The number of nitrogens with two attached hydrogens (primary N) is 1. The van der Waals surface area contributed by atoms with Crippen LogP contribution in [0.2, 0.25) is 0 Å². The monoisotopic (exact) mass is 432 g/mol. The molecular weight excluding hydrogens is 400 g/mol. The Balaban J connectivity index is 2.19. The number of aliphatic carboxylic acids is 1. The standard InChI is InChI=1S/C22H32N4O5/c1-3-14(2)19(22(30)31)25-20(28)16(12-15-8-5-4-6-9-15)24-21(29)17-10-7-11-26(17)18(27)13-23/h4-6,8-9,14,16-17,19H,3,7,10-13,23H2,1-2H3,(H,24,29)(H,25,28)(H,30,31). The fourth-order valence-electron chi connectivity index (χ4n) is 3.72. The van der Waals surface area contributed by atoms with Gasteiger partial charge >= 0.3 is 5.97 Å². The summed E-state index contributed by atoms with van der Waals surface area (Å²) in [6.45, 7) is 3.85. The lowest BCUT2D eigenvalue weighted by Crippen LogP contribution is -2.57. The molecule has 1 aliphatic heterocycles. The van der Waals surface area contributed by atoms with Gasteiger partial charge in [0.1, 0.15) is 18.1 Å². The van der Waals surface area contributed by atoms with E-state index in [1.165, 1.54) is 4.90 Å². The topological polar surface area (TPSA) is 142 Å². The van der Waals surface area contributed by atoms with Crippen molar-refractivity contribution < 1.29 is 24.3 Å². The van der Waals surface area contributed by atoms with Gasteiger partial charge in [-0.2, -0.15) is 0 Å². The summed E-state index contributed by atoms with van der Waals surface area (Å²) in [6, 6.07) is 6.42. The second-order valence-electron chi connectivity index (χ2n) is 7.91. The molecule has 0 spiro atoms. The summed E-state index contributed by atoms with van der Waals surface area (Å²) in [5, 5.41) is 14.8. The molecule has 31 heavy (non-hydrogen) atoms. The summed E-state index contributed by atoms with van der Waals surface area (Å²) in [4.78, 5) is 51.1. The van der Waals surface area contributed by atoms with Gasteiger partial charge in [-0.15, -0.1) is 0 Å². The number of rotatable bonds is 10. The Morgan fingerprint density at radius 2 is 1.87 bits per heavy atom. The van der Waals surface area contributed by atoms with Crippen LogP contribution in [0.15, 0.2) is 30.3 Å². The SMILES string of the molecule is CCC(C)C(NC(=O)C(Cc1ccccc1)NC(=O)C1CCCN1C(=O)CN)C(=O)O. The van der Waals surface area contributed by atoms with Gasteiger partial charge in [-0.3, -0.25) is 14.4 Å². The van der Waals surface area contributed by atoms with Crippen molar-refractivity contribution in [2.75, 3.05) is 13.1 Å². The van der Waals surface area contributed by atoms with Crippen molar-refractivity contribution in [1.82, 2.24) is 15.5 Å². The molecule has 0 aliphatic carbocycles. The summed E-state index contributed by atoms with van der Waals surface area (Å²) in [5.41, 5.74) is 6.27. The third kappa shape index (κ3) is 6.52. The van der Waals surface area contributed by atoms with Gasteiger partial charge in [0, 0.05) is 13.0 Å². The zero-order valence-electron chi connectivity index (χ0n) is 18.0. The normalized spacial score (nSPS) is 18.7. The zero-order chi connectivity index (χ0) is 23.0. The Morgan fingerprint density at radius 3 is 2.45 bits per heavy atom. The molecule has 5 N–H and O–H groups in total. The molecule has 0 saturated carbocycles. The van der Waals surface area contributed by atoms with Gasteiger partial charge in [0.05, 0.1) is 6.54 Å². The van der Waals surface area contributed by atoms with E-state index in [9.17, 15) is 24.3 Å². The lowest BCUT2D eigenvalue weighted by atomic mass is 9.98. The highest BCUT2D eigenvalue weighted by molar-refractivity contribution is 5.94. The number of benzene rings is 1.